The third-order valence-electron chi connectivity index (χ3n) is 11.8. The minimum absolute atomic E-state index is 0.239. The zero-order chi connectivity index (χ0) is 38.2. The Morgan fingerprint density at radius 3 is 1.67 bits per heavy atom. The fraction of sp³-hybridized carbons (Fsp3) is 0.0545. The Morgan fingerprint density at radius 2 is 1.04 bits per heavy atom. The van der Waals surface area contributed by atoms with E-state index in [1.165, 1.54) is 50.1 Å². The highest BCUT2D eigenvalue weighted by atomic mass is 19.1. The van der Waals surface area contributed by atoms with Crippen molar-refractivity contribution >= 4 is 17.1 Å². The molecule has 2 heteroatoms. The quantitative estimate of drug-likeness (QED) is 0.150. The van der Waals surface area contributed by atoms with Gasteiger partial charge < -0.3 is 4.90 Å². The summed E-state index contributed by atoms with van der Waals surface area (Å²) in [6.45, 7) is 0. The van der Waals surface area contributed by atoms with Gasteiger partial charge in [-0.1, -0.05) is 176 Å². The van der Waals surface area contributed by atoms with Gasteiger partial charge in [0.05, 0.1) is 11.1 Å². The van der Waals surface area contributed by atoms with Crippen LogP contribution in [0.2, 0.25) is 0 Å². The molecule has 57 heavy (non-hydrogen) atoms. The Kier molecular flexibility index (Phi) is 8.80. The topological polar surface area (TPSA) is 3.24 Å². The maximum atomic E-state index is 14.2. The lowest BCUT2D eigenvalue weighted by Gasteiger charge is -2.34. The number of anilines is 3. The van der Waals surface area contributed by atoms with Gasteiger partial charge in [-0.3, -0.25) is 0 Å². The van der Waals surface area contributed by atoms with Gasteiger partial charge in [-0.05, 0) is 111 Å². The van der Waals surface area contributed by atoms with Crippen LogP contribution in [0.15, 0.2) is 224 Å². The van der Waals surface area contributed by atoms with Gasteiger partial charge in [0, 0.05) is 22.9 Å². The average molecular weight is 734 g/mol. The van der Waals surface area contributed by atoms with Gasteiger partial charge in [-0.25, -0.2) is 4.39 Å². The molecule has 0 saturated carbocycles. The molecule has 0 radical (unpaired) electrons. The lowest BCUT2D eigenvalue weighted by molar-refractivity contribution is 0.628. The van der Waals surface area contributed by atoms with Crippen molar-refractivity contribution < 1.29 is 4.39 Å². The first-order chi connectivity index (χ1) is 28.2. The van der Waals surface area contributed by atoms with E-state index in [0.29, 0.717) is 5.92 Å². The van der Waals surface area contributed by atoms with Crippen LogP contribution in [0.25, 0.3) is 33.4 Å². The van der Waals surface area contributed by atoms with Gasteiger partial charge >= 0.3 is 0 Å². The van der Waals surface area contributed by atoms with Crippen molar-refractivity contribution in [2.45, 2.75) is 17.8 Å². The molecular formula is C55H40FN. The van der Waals surface area contributed by atoms with Crippen LogP contribution < -0.4 is 4.90 Å². The predicted molar refractivity (Wildman–Crippen MR) is 235 cm³/mol. The fourth-order valence-corrected chi connectivity index (χ4v) is 9.09. The highest BCUT2D eigenvalue weighted by molar-refractivity contribution is 5.98. The number of benzene rings is 8. The summed E-state index contributed by atoms with van der Waals surface area (Å²) in [6.07, 6.45) is 9.83. The van der Waals surface area contributed by atoms with Crippen LogP contribution in [0, 0.1) is 5.82 Å². The van der Waals surface area contributed by atoms with Crippen molar-refractivity contribution in [1.82, 2.24) is 0 Å². The molecule has 1 atom stereocenters. The second-order valence-corrected chi connectivity index (χ2v) is 14.9. The molecule has 0 heterocycles. The van der Waals surface area contributed by atoms with Crippen LogP contribution in [-0.4, -0.2) is 0 Å². The largest absolute Gasteiger partial charge is 0.310 e. The summed E-state index contributed by atoms with van der Waals surface area (Å²) in [5.41, 5.74) is 15.6. The molecule has 272 valence electrons. The maximum absolute atomic E-state index is 14.2. The number of nitrogens with zero attached hydrogens (tertiary/aromatic N) is 1. The second kappa shape index (κ2) is 14.6. The summed E-state index contributed by atoms with van der Waals surface area (Å²) in [4.78, 5) is 2.43. The number of allylic oxidation sites excluding steroid dienone is 4. The molecule has 8 aromatic rings. The van der Waals surface area contributed by atoms with Gasteiger partial charge in [0.1, 0.15) is 5.82 Å². The van der Waals surface area contributed by atoms with Crippen LogP contribution in [0.4, 0.5) is 21.5 Å². The standard InChI is InChI=1S/C55H40FN/c56-47-31-24-43(25-32-47)44-30-37-50-52(38-44)55(45-18-9-3-10-19-45,46-20-11-4-12-21-46)51-22-13-23-53(54(50)51)57(48-33-26-41(27-34-48)39-14-5-1-6-15-39)49-35-28-42(29-36-49)40-16-7-2-8-17-40/h1-16,18-38,40H,17H2. The fourth-order valence-electron chi connectivity index (χ4n) is 9.09. The molecule has 0 spiro atoms. The lowest BCUT2D eigenvalue weighted by Crippen LogP contribution is -2.28. The molecule has 0 aromatic heterocycles. The molecule has 0 saturated heterocycles. The number of fused-ring (bicyclic) bond motifs is 3. The lowest BCUT2D eigenvalue weighted by atomic mass is 9.67. The van der Waals surface area contributed by atoms with E-state index in [9.17, 15) is 4.39 Å². The molecule has 0 N–H and O–H groups in total. The van der Waals surface area contributed by atoms with Crippen molar-refractivity contribution in [2.24, 2.45) is 0 Å². The highest BCUT2D eigenvalue weighted by Crippen LogP contribution is 2.60. The van der Waals surface area contributed by atoms with Gasteiger partial charge in [0.15, 0.2) is 0 Å². The molecule has 8 aromatic carbocycles. The van der Waals surface area contributed by atoms with Gasteiger partial charge in [0.25, 0.3) is 0 Å². The van der Waals surface area contributed by atoms with Crippen molar-refractivity contribution in [1.29, 1.82) is 0 Å². The molecule has 1 unspecified atom stereocenters. The normalized spacial score (nSPS) is 14.9. The Morgan fingerprint density at radius 1 is 0.474 bits per heavy atom. The summed E-state index contributed by atoms with van der Waals surface area (Å²) in [7, 11) is 0. The van der Waals surface area contributed by atoms with Crippen LogP contribution >= 0.6 is 0 Å². The van der Waals surface area contributed by atoms with Crippen molar-refractivity contribution in [2.75, 3.05) is 4.90 Å². The Hall–Kier alpha value is -7.03. The monoisotopic (exact) mass is 733 g/mol. The smallest absolute Gasteiger partial charge is 0.123 e. The van der Waals surface area contributed by atoms with Crippen LogP contribution in [0.3, 0.4) is 0 Å². The van der Waals surface area contributed by atoms with Crippen LogP contribution in [-0.2, 0) is 5.41 Å². The van der Waals surface area contributed by atoms with E-state index in [-0.39, 0.29) is 5.82 Å². The summed E-state index contributed by atoms with van der Waals surface area (Å²) in [5, 5.41) is 0. The third kappa shape index (κ3) is 6.02. The van der Waals surface area contributed by atoms with Crippen LogP contribution in [0.5, 0.6) is 0 Å². The minimum Gasteiger partial charge on any atom is -0.310 e. The number of halogens is 1. The molecule has 1 nitrogen and oxygen atoms in total. The van der Waals surface area contributed by atoms with E-state index in [0.717, 1.165) is 34.6 Å². The van der Waals surface area contributed by atoms with E-state index in [1.54, 1.807) is 12.1 Å². The van der Waals surface area contributed by atoms with Crippen LogP contribution in [0.1, 0.15) is 40.2 Å². The zero-order valence-electron chi connectivity index (χ0n) is 31.5. The van der Waals surface area contributed by atoms with E-state index in [2.05, 4.69) is 205 Å². The first-order valence-corrected chi connectivity index (χ1v) is 19.7. The molecule has 2 aliphatic carbocycles. The summed E-state index contributed by atoms with van der Waals surface area (Å²) >= 11 is 0. The molecule has 0 bridgehead atoms. The second-order valence-electron chi connectivity index (χ2n) is 14.9. The molecule has 0 fully saturated rings. The van der Waals surface area contributed by atoms with Gasteiger partial charge in [-0.15, -0.1) is 0 Å². The number of rotatable bonds is 8. The van der Waals surface area contributed by atoms with Crippen molar-refractivity contribution in [3.8, 4) is 33.4 Å². The van der Waals surface area contributed by atoms with Crippen molar-refractivity contribution in [3.63, 3.8) is 0 Å². The predicted octanol–water partition coefficient (Wildman–Crippen LogP) is 14.6. The Labute approximate surface area is 334 Å². The van der Waals surface area contributed by atoms with E-state index in [4.69, 9.17) is 0 Å². The SMILES string of the molecule is Fc1ccc(-c2ccc3c(c2)C(c2ccccc2)(c2ccccc2)c2cccc(N(c4ccc(-c5ccccc5)cc4)c4ccc(C5C=CC=CC5)cc4)c2-3)cc1. The highest BCUT2D eigenvalue weighted by Gasteiger charge is 2.47. The van der Waals surface area contributed by atoms with Gasteiger partial charge in [0.2, 0.25) is 0 Å². The summed E-state index contributed by atoms with van der Waals surface area (Å²) in [6, 6.07) is 70.9. The summed E-state index contributed by atoms with van der Waals surface area (Å²) in [5.74, 6) is 0.125. The zero-order valence-corrected chi connectivity index (χ0v) is 31.5. The van der Waals surface area contributed by atoms with Crippen molar-refractivity contribution in [3.05, 3.63) is 258 Å². The molecule has 10 rings (SSSR count). The summed E-state index contributed by atoms with van der Waals surface area (Å²) < 4.78 is 14.2. The van der Waals surface area contributed by atoms with E-state index in [1.807, 2.05) is 12.1 Å². The molecule has 2 aliphatic rings. The molecular weight excluding hydrogens is 694 g/mol. The maximum Gasteiger partial charge on any atom is 0.123 e. The number of hydrogen-bond acceptors (Lipinski definition) is 1. The number of hydrogen-bond donors (Lipinski definition) is 0. The van der Waals surface area contributed by atoms with E-state index < -0.39 is 5.41 Å². The average Bonchev–Trinajstić information content (AvgIpc) is 3.59. The van der Waals surface area contributed by atoms with Gasteiger partial charge in [-0.2, -0.15) is 0 Å². The minimum atomic E-state index is -0.618. The Bertz CT molecular complexity index is 2690. The van der Waals surface area contributed by atoms with E-state index >= 15 is 0 Å². The molecule has 0 aliphatic heterocycles. The molecule has 0 amide bonds. The third-order valence-corrected chi connectivity index (χ3v) is 11.8. The first-order valence-electron chi connectivity index (χ1n) is 19.7. The first kappa shape index (κ1) is 34.5. The Balaban J connectivity index is 1.23.